The van der Waals surface area contributed by atoms with Gasteiger partial charge in [0.25, 0.3) is 0 Å². The van der Waals surface area contributed by atoms with Crippen LogP contribution >= 0.6 is 12.4 Å². The molecule has 1 fully saturated rings. The lowest BCUT2D eigenvalue weighted by Crippen LogP contribution is -2.36. The van der Waals surface area contributed by atoms with Crippen LogP contribution in [0.2, 0.25) is 0 Å². The molecule has 3 heterocycles. The number of benzene rings is 1. The van der Waals surface area contributed by atoms with Crippen LogP contribution < -0.4 is 15.4 Å². The Kier molecular flexibility index (Phi) is 6.19. The molecule has 1 unspecified atom stereocenters. The van der Waals surface area contributed by atoms with E-state index < -0.39 is 0 Å². The maximum absolute atomic E-state index is 13.0. The number of aromatic nitrogens is 2. The molecule has 2 N–H and O–H groups in total. The van der Waals surface area contributed by atoms with Gasteiger partial charge in [-0.05, 0) is 37.6 Å². The predicted molar refractivity (Wildman–Crippen MR) is 114 cm³/mol. The first-order valence-electron chi connectivity index (χ1n) is 9.54. The van der Waals surface area contributed by atoms with E-state index in [1.165, 1.54) is 0 Å². The number of nitrogens with one attached hydrogen (secondary N) is 2. The fourth-order valence-electron chi connectivity index (χ4n) is 4.08. The van der Waals surface area contributed by atoms with Crippen molar-refractivity contribution in [3.05, 3.63) is 47.5 Å². The van der Waals surface area contributed by atoms with Crippen LogP contribution in [-0.4, -0.2) is 35.9 Å². The molecule has 29 heavy (non-hydrogen) atoms. The highest BCUT2D eigenvalue weighted by atomic mass is 35.5. The zero-order chi connectivity index (χ0) is 19.8. The topological polar surface area (TPSA) is 81.3 Å². The summed E-state index contributed by atoms with van der Waals surface area (Å²) in [6, 6.07) is 5.52. The maximum Gasteiger partial charge on any atom is 0.225 e. The van der Waals surface area contributed by atoms with E-state index in [0.717, 1.165) is 40.2 Å². The summed E-state index contributed by atoms with van der Waals surface area (Å²) in [5.74, 6) is 1.60. The number of rotatable bonds is 5. The minimum absolute atomic E-state index is 0. The number of carbonyl (C=O) groups excluding carboxylic acids is 1. The minimum atomic E-state index is -0.221. The number of halogens is 1. The van der Waals surface area contributed by atoms with Gasteiger partial charge in [-0.25, -0.2) is 0 Å². The van der Waals surface area contributed by atoms with Crippen LogP contribution in [0, 0.1) is 12.8 Å². The average molecular weight is 419 g/mol. The maximum atomic E-state index is 13.0. The third-order valence-electron chi connectivity index (χ3n) is 5.64. The fourth-order valence-corrected chi connectivity index (χ4v) is 4.08. The Morgan fingerprint density at radius 3 is 2.90 bits per heavy atom. The summed E-state index contributed by atoms with van der Waals surface area (Å²) in [5.41, 5.74) is 2.91. The lowest BCUT2D eigenvalue weighted by atomic mass is 9.90. The van der Waals surface area contributed by atoms with Gasteiger partial charge in [-0.3, -0.25) is 9.48 Å². The van der Waals surface area contributed by atoms with Crippen molar-refractivity contribution < 1.29 is 13.9 Å². The van der Waals surface area contributed by atoms with Crippen LogP contribution in [0.3, 0.4) is 0 Å². The van der Waals surface area contributed by atoms with Gasteiger partial charge in [-0.1, -0.05) is 0 Å². The van der Waals surface area contributed by atoms with E-state index in [4.69, 9.17) is 9.15 Å². The van der Waals surface area contributed by atoms with E-state index in [0.29, 0.717) is 6.54 Å². The van der Waals surface area contributed by atoms with E-state index in [-0.39, 0.29) is 36.2 Å². The van der Waals surface area contributed by atoms with E-state index in [1.54, 1.807) is 11.8 Å². The molecular weight excluding hydrogens is 392 g/mol. The molecule has 3 aromatic rings. The zero-order valence-corrected chi connectivity index (χ0v) is 17.9. The van der Waals surface area contributed by atoms with Gasteiger partial charge in [0.2, 0.25) is 5.91 Å². The Labute approximate surface area is 176 Å². The first-order chi connectivity index (χ1) is 13.5. The summed E-state index contributed by atoms with van der Waals surface area (Å²) in [5, 5.41) is 11.7. The van der Waals surface area contributed by atoms with Crippen LogP contribution in [0.4, 0.5) is 0 Å². The molecule has 2 aromatic heterocycles. The smallest absolute Gasteiger partial charge is 0.225 e. The van der Waals surface area contributed by atoms with Crippen molar-refractivity contribution in [1.29, 1.82) is 0 Å². The quantitative estimate of drug-likeness (QED) is 0.665. The van der Waals surface area contributed by atoms with Gasteiger partial charge in [0, 0.05) is 43.2 Å². The Morgan fingerprint density at radius 1 is 1.41 bits per heavy atom. The Morgan fingerprint density at radius 2 is 2.21 bits per heavy atom. The van der Waals surface area contributed by atoms with Crippen LogP contribution in [0.25, 0.3) is 11.0 Å². The monoisotopic (exact) mass is 418 g/mol. The Bertz CT molecular complexity index is 1010. The Balaban J connectivity index is 0.00000240. The molecule has 7 nitrogen and oxygen atoms in total. The van der Waals surface area contributed by atoms with Crippen molar-refractivity contribution in [2.24, 2.45) is 13.0 Å². The lowest BCUT2D eigenvalue weighted by molar-refractivity contribution is -0.125. The van der Waals surface area contributed by atoms with Crippen molar-refractivity contribution in [2.45, 2.75) is 25.8 Å². The molecule has 0 bridgehead atoms. The molecule has 0 radical (unpaired) electrons. The molecule has 1 aromatic carbocycles. The molecule has 8 heteroatoms. The first-order valence-corrected chi connectivity index (χ1v) is 9.54. The SMILES string of the molecule is COc1ccc2oc(C(C)NC(=O)[C@H]3CNC[C@@H]3c3cnn(C)c3)c(C)c2c1.Cl. The molecule has 3 atom stereocenters. The van der Waals surface area contributed by atoms with E-state index in [1.807, 2.05) is 51.5 Å². The number of nitrogens with zero attached hydrogens (tertiary/aromatic N) is 2. The first kappa shape index (κ1) is 21.2. The van der Waals surface area contributed by atoms with Crippen molar-refractivity contribution in [3.8, 4) is 5.75 Å². The second kappa shape index (κ2) is 8.47. The highest BCUT2D eigenvalue weighted by Crippen LogP contribution is 2.33. The number of methoxy groups -OCH3 is 1. The average Bonchev–Trinajstić information content (AvgIpc) is 3.40. The van der Waals surface area contributed by atoms with E-state index in [2.05, 4.69) is 15.7 Å². The third kappa shape index (κ3) is 3.97. The Hall–Kier alpha value is -2.51. The number of ether oxygens (including phenoxy) is 1. The largest absolute Gasteiger partial charge is 0.497 e. The van der Waals surface area contributed by atoms with Crippen LogP contribution in [0.15, 0.2) is 35.0 Å². The van der Waals surface area contributed by atoms with Gasteiger partial charge in [0.15, 0.2) is 0 Å². The number of fused-ring (bicyclic) bond motifs is 1. The zero-order valence-electron chi connectivity index (χ0n) is 17.1. The standard InChI is InChI=1S/C21H26N4O3.ClH/c1-12-16-7-15(27-4)5-6-19(16)28-20(12)13(2)24-21(26)18-10-22-9-17(18)14-8-23-25(3)11-14;/h5-8,11,13,17-18,22H,9-10H2,1-4H3,(H,24,26);1H/t13?,17-,18+;/m1./s1. The normalized spacial score (nSPS) is 19.7. The number of aryl methyl sites for hydroxylation is 2. The van der Waals surface area contributed by atoms with Crippen LogP contribution in [-0.2, 0) is 11.8 Å². The summed E-state index contributed by atoms with van der Waals surface area (Å²) in [4.78, 5) is 13.0. The molecule has 4 rings (SSSR count). The number of hydrogen-bond donors (Lipinski definition) is 2. The van der Waals surface area contributed by atoms with Crippen molar-refractivity contribution in [1.82, 2.24) is 20.4 Å². The second-order valence-electron chi connectivity index (χ2n) is 7.50. The predicted octanol–water partition coefficient (Wildman–Crippen LogP) is 3.09. The highest BCUT2D eigenvalue weighted by molar-refractivity contribution is 5.85. The van der Waals surface area contributed by atoms with Crippen molar-refractivity contribution >= 4 is 29.3 Å². The van der Waals surface area contributed by atoms with Gasteiger partial charge in [0.1, 0.15) is 17.1 Å². The lowest BCUT2D eigenvalue weighted by Gasteiger charge is -2.20. The van der Waals surface area contributed by atoms with Crippen LogP contribution in [0.5, 0.6) is 5.75 Å². The molecule has 0 aliphatic carbocycles. The molecule has 0 spiro atoms. The van der Waals surface area contributed by atoms with Crippen molar-refractivity contribution in [2.75, 3.05) is 20.2 Å². The molecule has 1 aliphatic heterocycles. The molecule has 1 amide bonds. The molecule has 1 aliphatic rings. The van der Waals surface area contributed by atoms with Crippen LogP contribution in [0.1, 0.15) is 35.8 Å². The van der Waals surface area contributed by atoms with E-state index in [9.17, 15) is 4.79 Å². The molecule has 156 valence electrons. The second-order valence-corrected chi connectivity index (χ2v) is 7.50. The fraction of sp³-hybridized carbons (Fsp3) is 0.429. The number of amides is 1. The van der Waals surface area contributed by atoms with Gasteiger partial charge in [-0.15, -0.1) is 12.4 Å². The highest BCUT2D eigenvalue weighted by Gasteiger charge is 2.35. The number of carbonyl (C=O) groups is 1. The molecular formula is C21H27ClN4O3. The summed E-state index contributed by atoms with van der Waals surface area (Å²) < 4.78 is 13.1. The van der Waals surface area contributed by atoms with Gasteiger partial charge < -0.3 is 19.8 Å². The molecule has 0 saturated carbocycles. The van der Waals surface area contributed by atoms with Gasteiger partial charge >= 0.3 is 0 Å². The van der Waals surface area contributed by atoms with Gasteiger partial charge in [0.05, 0.1) is 25.3 Å². The minimum Gasteiger partial charge on any atom is -0.497 e. The van der Waals surface area contributed by atoms with Crippen molar-refractivity contribution in [3.63, 3.8) is 0 Å². The number of hydrogen-bond acceptors (Lipinski definition) is 5. The summed E-state index contributed by atoms with van der Waals surface area (Å²) >= 11 is 0. The third-order valence-corrected chi connectivity index (χ3v) is 5.64. The summed E-state index contributed by atoms with van der Waals surface area (Å²) in [7, 11) is 3.54. The molecule has 1 saturated heterocycles. The van der Waals surface area contributed by atoms with Gasteiger partial charge in [-0.2, -0.15) is 5.10 Å². The van der Waals surface area contributed by atoms with E-state index >= 15 is 0 Å². The summed E-state index contributed by atoms with van der Waals surface area (Å²) in [6.07, 6.45) is 3.83. The summed E-state index contributed by atoms with van der Waals surface area (Å²) in [6.45, 7) is 5.41. The number of furan rings is 1.